The zero-order valence-corrected chi connectivity index (χ0v) is 101. The maximum Gasteiger partial charge on any atom is 0.325 e. The summed E-state index contributed by atoms with van der Waals surface area (Å²) in [5, 5.41) is 8.99. The molecule has 0 aromatic carbocycles. The highest BCUT2D eigenvalue weighted by molar-refractivity contribution is 7.80. The van der Waals surface area contributed by atoms with Gasteiger partial charge in [0.1, 0.15) is 7.38 Å². The molecule has 44 heteroatoms. The Morgan fingerprint density at radius 3 is 0.679 bits per heavy atom. The molecule has 644 valence electrons. The zero-order valence-electron chi connectivity index (χ0n) is 77.7. The topological polar surface area (TPSA) is 233 Å². The highest BCUT2D eigenvalue weighted by Crippen LogP contribution is 2.39. The first-order chi connectivity index (χ1) is 45.6. The van der Waals surface area contributed by atoms with Crippen LogP contribution in [0.15, 0.2) is 0 Å². The Hall–Kier alpha value is 4.21. The van der Waals surface area contributed by atoms with E-state index < -0.39 is 189 Å². The molecule has 0 saturated heterocycles. The fraction of sp³-hybridized carbons (Fsp3) is 0.984. The first-order valence-electron chi connectivity index (χ1n) is 38.5. The summed E-state index contributed by atoms with van der Waals surface area (Å²) < 4.78 is 107. The minimum Gasteiger partial charge on any atom is -0.481 e. The summed E-state index contributed by atoms with van der Waals surface area (Å²) in [4.78, 5) is 29.4. The largest absolute Gasteiger partial charge is 0.481 e. The van der Waals surface area contributed by atoms with Crippen LogP contribution in [0.3, 0.4) is 0 Å². The molecule has 0 bridgehead atoms. The maximum atomic E-state index is 11.3. The third kappa shape index (κ3) is 79.3. The van der Waals surface area contributed by atoms with Crippen LogP contribution in [0.2, 0.25) is 350 Å². The van der Waals surface area contributed by atoms with Crippen LogP contribution in [0.1, 0.15) is 25.7 Å². The van der Waals surface area contributed by atoms with Gasteiger partial charge in [0.2, 0.25) is 0 Å². The molecular formula is C62H174ClO20PSSi21. The van der Waals surface area contributed by atoms with Gasteiger partial charge in [-0.3, -0.25) is 9.36 Å². The minimum atomic E-state index is -4.04. The Kier molecular flexibility index (Phi) is 51.2. The van der Waals surface area contributed by atoms with Gasteiger partial charge in [-0.2, -0.15) is 23.7 Å². The third-order valence-electron chi connectivity index (χ3n) is 13.3. The van der Waals surface area contributed by atoms with Gasteiger partial charge in [0.05, 0.1) is 0 Å². The van der Waals surface area contributed by atoms with Crippen molar-refractivity contribution in [2.75, 3.05) is 19.0 Å². The van der Waals surface area contributed by atoms with Crippen molar-refractivity contribution in [3.8, 4) is 0 Å². The van der Waals surface area contributed by atoms with Crippen molar-refractivity contribution in [2.24, 2.45) is 0 Å². The molecule has 3 N–H and O–H groups in total. The fourth-order valence-electron chi connectivity index (χ4n) is 12.7. The summed E-state index contributed by atoms with van der Waals surface area (Å²) in [5.41, 5.74) is 0. The Labute approximate surface area is 687 Å². The van der Waals surface area contributed by atoms with Crippen molar-refractivity contribution in [3.05, 3.63) is 0 Å². The van der Waals surface area contributed by atoms with E-state index in [4.69, 9.17) is 78.2 Å². The Balaban J connectivity index is -0.000000410. The number of halogens is 1. The lowest BCUT2D eigenvalue weighted by molar-refractivity contribution is -0.137. The van der Waals surface area contributed by atoms with Crippen molar-refractivity contribution in [1.29, 1.82) is 0 Å². The number of thiol groups is 1. The summed E-state index contributed by atoms with van der Waals surface area (Å²) in [7, 11) is -42.8. The van der Waals surface area contributed by atoms with Crippen LogP contribution in [0.5, 0.6) is 0 Å². The number of carboxylic acids is 1. The average molecular weight is 1930 g/mol. The normalized spacial score (nSPS) is 14.8. The average Bonchev–Trinajstić information content (AvgIpc) is 0.819. The van der Waals surface area contributed by atoms with Crippen LogP contribution >= 0.6 is 31.3 Å². The van der Waals surface area contributed by atoms with Gasteiger partial charge in [-0.1, -0.05) is 13.1 Å². The van der Waals surface area contributed by atoms with E-state index in [1.54, 1.807) is 0 Å². The molecule has 0 unspecified atom stereocenters. The van der Waals surface area contributed by atoms with Crippen LogP contribution < -0.4 is 0 Å². The Morgan fingerprint density at radius 1 is 0.302 bits per heavy atom. The second kappa shape index (κ2) is 45.7. The van der Waals surface area contributed by atoms with Crippen molar-refractivity contribution >= 4 is 213 Å². The van der Waals surface area contributed by atoms with Gasteiger partial charge in [0.25, 0.3) is 0 Å². The predicted molar refractivity (Wildman–Crippen MR) is 515 cm³/mol. The zero-order chi connectivity index (χ0) is 86.4. The van der Waals surface area contributed by atoms with E-state index in [1.165, 1.54) is 24.2 Å². The molecular weight excluding hydrogens is 1750 g/mol. The molecule has 0 aromatic rings. The molecule has 0 atom stereocenters. The third-order valence-corrected chi connectivity index (χ3v) is 84.8. The number of hydrogen-bond donors (Lipinski definition) is 4. The van der Waals surface area contributed by atoms with Crippen molar-refractivity contribution < 1.29 is 86.3 Å². The van der Waals surface area contributed by atoms with Gasteiger partial charge in [0.15, 0.2) is 91.5 Å². The van der Waals surface area contributed by atoms with E-state index >= 15 is 0 Å². The van der Waals surface area contributed by atoms with E-state index in [9.17, 15) is 19.1 Å². The Bertz CT molecular complexity index is 2450. The van der Waals surface area contributed by atoms with Crippen molar-refractivity contribution in [1.82, 2.24) is 0 Å². The van der Waals surface area contributed by atoms with Crippen LogP contribution in [0, 0.1) is 0 Å². The number of aliphatic carboxylic acids is 1. The molecule has 20 nitrogen and oxygen atoms in total. The molecule has 0 aromatic heterocycles. The first kappa shape index (κ1) is 119. The first-order valence-corrected chi connectivity index (χ1v) is 106. The number of rotatable bonds is 46. The summed E-state index contributed by atoms with van der Waals surface area (Å²) >= 11 is 10.7. The van der Waals surface area contributed by atoms with Gasteiger partial charge >= 0.3 is 90.6 Å². The van der Waals surface area contributed by atoms with Gasteiger partial charge < -0.3 is 76.9 Å². The molecule has 106 heavy (non-hydrogen) atoms. The second-order valence-electron chi connectivity index (χ2n) is 41.9. The molecule has 0 saturated carbocycles. The van der Waals surface area contributed by atoms with Gasteiger partial charge in [-0.25, -0.2) is 0 Å². The van der Waals surface area contributed by atoms with Crippen molar-refractivity contribution in [3.63, 3.8) is 0 Å². The van der Waals surface area contributed by atoms with Crippen LogP contribution in [-0.2, 0) is 71.4 Å². The summed E-state index contributed by atoms with van der Waals surface area (Å²) in [6.07, 6.45) is 1.88. The molecule has 0 aliphatic carbocycles. The smallest absolute Gasteiger partial charge is 0.325 e. The summed E-state index contributed by atoms with van der Waals surface area (Å²) in [6, 6.07) is 6.97. The molecule has 0 aliphatic rings. The van der Waals surface area contributed by atoms with Crippen LogP contribution in [0.25, 0.3) is 0 Å². The molecule has 0 rings (SSSR count). The second-order valence-corrected chi connectivity index (χ2v) is 134. The molecule has 0 aliphatic heterocycles. The van der Waals surface area contributed by atoms with E-state index in [0.717, 1.165) is 18.2 Å². The molecule has 0 fully saturated rings. The van der Waals surface area contributed by atoms with E-state index in [-0.39, 0.29) is 12.6 Å². The predicted octanol–water partition coefficient (Wildman–Crippen LogP) is 23.7. The van der Waals surface area contributed by atoms with E-state index in [2.05, 4.69) is 281 Å². The van der Waals surface area contributed by atoms with E-state index in [1.807, 2.05) is 46.4 Å². The van der Waals surface area contributed by atoms with Gasteiger partial charge in [0, 0.05) is 19.7 Å². The standard InChI is InChI=1S/C15H40O6Si5.C14H41O7PSi5.C14H40O4SSi5.C10H28O2Si3.C9H25ClOSi3/c1-22(2,3)18-24(7,8)20-26(11,14-12-13-15(16)17)21-25(9,10)19-23(4,5)6;1-23(2,3)18-25(7,8)20-27(11,14-12-13-22(15,16)17)21-26(9,10)19-24(4,5)6;1-20(2,3)15-22(7,8)17-24(11,14-12-13-19)18-23(9,10)16-21(4,5)6;1-11-14(5,6)9-10-15(7,8)12-13(2,3)4;1-12(2,3)11-14(6,7)9-8-13(4,5)10/h12-14H2,1-11H3,(H,16,17);12-14H2,1-11H3,(H2,15,16,17);19H,12-14H2,1-11H3;9-10H2,1-8H3;8-9H2,1-7H3. The number of carboxylic acid groups (broad SMARTS) is 1. The molecule has 0 spiro atoms. The molecule has 0 radical (unpaired) electrons. The summed E-state index contributed by atoms with van der Waals surface area (Å²) in [6.45, 7) is 102. The number of carbonyl (C=O) groups is 1. The number of hydrogen-bond acceptors (Lipinski definition) is 18. The van der Waals surface area contributed by atoms with Crippen LogP contribution in [-0.4, -0.2) is 216 Å². The highest BCUT2D eigenvalue weighted by atomic mass is 35.6. The monoisotopic (exact) mass is 1920 g/mol. The lowest BCUT2D eigenvalue weighted by Gasteiger charge is -2.43. The van der Waals surface area contributed by atoms with E-state index in [0.29, 0.717) is 24.9 Å². The van der Waals surface area contributed by atoms with Crippen LogP contribution in [0.4, 0.5) is 0 Å². The minimum absolute atomic E-state index is 0.128. The highest BCUT2D eigenvalue weighted by Gasteiger charge is 2.51. The fourth-order valence-corrected chi connectivity index (χ4v) is 109. The van der Waals surface area contributed by atoms with Gasteiger partial charge in [-0.15, -0.1) is 0 Å². The molecule has 0 heterocycles. The lowest BCUT2D eigenvalue weighted by atomic mass is 10.3. The van der Waals surface area contributed by atoms with Crippen molar-refractivity contribution in [2.45, 2.75) is 376 Å². The Morgan fingerprint density at radius 2 is 0.500 bits per heavy atom. The summed E-state index contributed by atoms with van der Waals surface area (Å²) in [5.74, 6) is 0.0642. The van der Waals surface area contributed by atoms with Gasteiger partial charge in [-0.05, 0) is 362 Å². The molecule has 0 amide bonds. The quantitative estimate of drug-likeness (QED) is 0.0192. The lowest BCUT2D eigenvalue weighted by Crippen LogP contribution is -2.59. The SMILES string of the molecule is CO[Si](C)(C)CC[Si](C)(C)O[Si](C)(C)C.C[Si](C)(C)O[Si](C)(C)O[Si](C)(CCCC(=O)O)O[Si](C)(C)O[Si](C)(C)C.C[Si](C)(C)O[Si](C)(C)O[Si](C)(CCCP(=O)(O)O)O[Si](C)(C)O[Si](C)(C)C.C[Si](C)(C)O[Si](C)(C)O[Si](C)(CCCS)O[Si](C)(C)O[Si](C)(C)C.C[Si](C)(Cl)CC[Si](C)(C)O[Si](C)(C)C. The maximum absolute atomic E-state index is 11.3.